The average Bonchev–Trinajstić information content (AvgIpc) is 2.68. The van der Waals surface area contributed by atoms with Gasteiger partial charge < -0.3 is 5.11 Å². The van der Waals surface area contributed by atoms with Gasteiger partial charge in [0.1, 0.15) is 6.04 Å². The van der Waals surface area contributed by atoms with Crippen molar-refractivity contribution in [2.24, 2.45) is 0 Å². The lowest BCUT2D eigenvalue weighted by Gasteiger charge is -2.10. The Kier molecular flexibility index (Phi) is 3.33. The number of rotatable bonds is 2. The summed E-state index contributed by atoms with van der Waals surface area (Å²) in [4.78, 5) is 10.7. The van der Waals surface area contributed by atoms with Crippen LogP contribution in [0.4, 0.5) is 0 Å². The Bertz CT molecular complexity index is 368. The molecule has 1 aromatic carbocycles. The zero-order valence-electron chi connectivity index (χ0n) is 7.81. The van der Waals surface area contributed by atoms with Gasteiger partial charge in [-0.2, -0.15) is 0 Å². The molecule has 1 saturated heterocycles. The average molecular weight is 288 g/mol. The highest BCUT2D eigenvalue weighted by Gasteiger charge is 2.29. The first-order chi connectivity index (χ1) is 7.16. The fraction of sp³-hybridized carbons (Fsp3) is 0.300. The highest BCUT2D eigenvalue weighted by molar-refractivity contribution is 9.10. The SMILES string of the molecule is O=C(O)[C@H]1CSC(c2ccc(Br)cc2)N1. The third kappa shape index (κ3) is 2.53. The molecule has 0 radical (unpaired) electrons. The summed E-state index contributed by atoms with van der Waals surface area (Å²) >= 11 is 5.00. The minimum Gasteiger partial charge on any atom is -0.480 e. The summed E-state index contributed by atoms with van der Waals surface area (Å²) in [6.45, 7) is 0. The maximum Gasteiger partial charge on any atom is 0.321 e. The van der Waals surface area contributed by atoms with Crippen LogP contribution in [0.3, 0.4) is 0 Å². The molecule has 0 amide bonds. The summed E-state index contributed by atoms with van der Waals surface area (Å²) in [5.41, 5.74) is 1.12. The molecule has 0 aliphatic carbocycles. The number of benzene rings is 1. The molecular weight excluding hydrogens is 278 g/mol. The fourth-order valence-corrected chi connectivity index (χ4v) is 2.94. The van der Waals surface area contributed by atoms with Crippen LogP contribution in [0.15, 0.2) is 28.7 Å². The van der Waals surface area contributed by atoms with E-state index in [1.807, 2.05) is 24.3 Å². The van der Waals surface area contributed by atoms with Crippen molar-refractivity contribution in [1.82, 2.24) is 5.32 Å². The van der Waals surface area contributed by atoms with Gasteiger partial charge >= 0.3 is 5.97 Å². The Morgan fingerprint density at radius 3 is 2.67 bits per heavy atom. The van der Waals surface area contributed by atoms with Crippen molar-refractivity contribution in [1.29, 1.82) is 0 Å². The van der Waals surface area contributed by atoms with E-state index < -0.39 is 12.0 Å². The maximum atomic E-state index is 10.7. The van der Waals surface area contributed by atoms with Crippen molar-refractivity contribution in [3.8, 4) is 0 Å². The molecule has 0 spiro atoms. The van der Waals surface area contributed by atoms with Crippen LogP contribution in [0.5, 0.6) is 0 Å². The van der Waals surface area contributed by atoms with Crippen LogP contribution in [0, 0.1) is 0 Å². The second kappa shape index (κ2) is 4.55. The monoisotopic (exact) mass is 287 g/mol. The lowest BCUT2D eigenvalue weighted by Crippen LogP contribution is -2.33. The van der Waals surface area contributed by atoms with E-state index in [1.165, 1.54) is 0 Å². The topological polar surface area (TPSA) is 49.3 Å². The van der Waals surface area contributed by atoms with Crippen molar-refractivity contribution in [3.63, 3.8) is 0 Å². The second-order valence-corrected chi connectivity index (χ2v) is 5.38. The molecule has 1 heterocycles. The molecule has 0 saturated carbocycles. The van der Waals surface area contributed by atoms with Crippen molar-refractivity contribution < 1.29 is 9.90 Å². The number of carboxylic acids is 1. The molecular formula is C10H10BrNO2S. The van der Waals surface area contributed by atoms with Crippen LogP contribution in [0.2, 0.25) is 0 Å². The largest absolute Gasteiger partial charge is 0.480 e. The van der Waals surface area contributed by atoms with Gasteiger partial charge in [0, 0.05) is 10.2 Å². The lowest BCUT2D eigenvalue weighted by atomic mass is 10.2. The molecule has 15 heavy (non-hydrogen) atoms. The third-order valence-corrected chi connectivity index (χ3v) is 4.05. The second-order valence-electron chi connectivity index (χ2n) is 3.32. The summed E-state index contributed by atoms with van der Waals surface area (Å²) in [5, 5.41) is 12.0. The zero-order valence-corrected chi connectivity index (χ0v) is 10.2. The molecule has 2 atom stereocenters. The standard InChI is InChI=1S/C10H10BrNO2S/c11-7-3-1-6(2-4-7)9-12-8(5-15-9)10(13)14/h1-4,8-9,12H,5H2,(H,13,14)/t8-,9?/m1/s1. The van der Waals surface area contributed by atoms with E-state index in [4.69, 9.17) is 5.11 Å². The van der Waals surface area contributed by atoms with E-state index >= 15 is 0 Å². The van der Waals surface area contributed by atoms with Crippen LogP contribution in [0.1, 0.15) is 10.9 Å². The van der Waals surface area contributed by atoms with Crippen molar-refractivity contribution >= 4 is 33.7 Å². The Labute approximate surface area is 100 Å². The van der Waals surface area contributed by atoms with E-state index in [1.54, 1.807) is 11.8 Å². The third-order valence-electron chi connectivity index (χ3n) is 2.25. The Morgan fingerprint density at radius 1 is 1.47 bits per heavy atom. The summed E-state index contributed by atoms with van der Waals surface area (Å²) < 4.78 is 1.03. The van der Waals surface area contributed by atoms with E-state index in [0.717, 1.165) is 10.0 Å². The van der Waals surface area contributed by atoms with Gasteiger partial charge in [0.05, 0.1) is 5.37 Å². The number of hydrogen-bond donors (Lipinski definition) is 2. The van der Waals surface area contributed by atoms with Crippen LogP contribution in [-0.2, 0) is 4.79 Å². The minimum atomic E-state index is -0.776. The van der Waals surface area contributed by atoms with E-state index in [9.17, 15) is 4.79 Å². The van der Waals surface area contributed by atoms with Gasteiger partial charge in [0.2, 0.25) is 0 Å². The van der Waals surface area contributed by atoms with Gasteiger partial charge in [-0.25, -0.2) is 0 Å². The Morgan fingerprint density at radius 2 is 2.13 bits per heavy atom. The highest BCUT2D eigenvalue weighted by Crippen LogP contribution is 2.33. The van der Waals surface area contributed by atoms with Gasteiger partial charge in [-0.3, -0.25) is 10.1 Å². The summed E-state index contributed by atoms with van der Waals surface area (Å²) in [6.07, 6.45) is 0. The molecule has 2 N–H and O–H groups in total. The van der Waals surface area contributed by atoms with Crippen LogP contribution in [-0.4, -0.2) is 22.9 Å². The molecule has 80 valence electrons. The van der Waals surface area contributed by atoms with Crippen LogP contribution in [0.25, 0.3) is 0 Å². The Balaban J connectivity index is 2.07. The quantitative estimate of drug-likeness (QED) is 0.876. The molecule has 1 aromatic rings. The number of hydrogen-bond acceptors (Lipinski definition) is 3. The van der Waals surface area contributed by atoms with Crippen molar-refractivity contribution in [2.45, 2.75) is 11.4 Å². The lowest BCUT2D eigenvalue weighted by molar-refractivity contribution is -0.138. The maximum absolute atomic E-state index is 10.7. The minimum absolute atomic E-state index is 0.0965. The summed E-state index contributed by atoms with van der Waals surface area (Å²) in [5.74, 6) is -0.155. The molecule has 3 nitrogen and oxygen atoms in total. The van der Waals surface area contributed by atoms with E-state index in [2.05, 4.69) is 21.2 Å². The van der Waals surface area contributed by atoms with Gasteiger partial charge in [-0.15, -0.1) is 11.8 Å². The smallest absolute Gasteiger partial charge is 0.321 e. The van der Waals surface area contributed by atoms with Gasteiger partial charge in [0.25, 0.3) is 0 Å². The molecule has 1 fully saturated rings. The number of carbonyl (C=O) groups is 1. The number of carboxylic acid groups (broad SMARTS) is 1. The van der Waals surface area contributed by atoms with Crippen molar-refractivity contribution in [2.75, 3.05) is 5.75 Å². The first-order valence-corrected chi connectivity index (χ1v) is 6.37. The number of aliphatic carboxylic acids is 1. The van der Waals surface area contributed by atoms with Gasteiger partial charge in [-0.05, 0) is 17.7 Å². The number of thioether (sulfide) groups is 1. The van der Waals surface area contributed by atoms with Crippen LogP contribution >= 0.6 is 27.7 Å². The van der Waals surface area contributed by atoms with Gasteiger partial charge in [0.15, 0.2) is 0 Å². The van der Waals surface area contributed by atoms with Crippen molar-refractivity contribution in [3.05, 3.63) is 34.3 Å². The molecule has 1 aliphatic heterocycles. The molecule has 1 aliphatic rings. The molecule has 1 unspecified atom stereocenters. The summed E-state index contributed by atoms with van der Waals surface area (Å²) in [6, 6.07) is 7.50. The molecule has 2 rings (SSSR count). The molecule has 0 aromatic heterocycles. The Hall–Kier alpha value is -0.520. The zero-order chi connectivity index (χ0) is 10.8. The van der Waals surface area contributed by atoms with E-state index in [-0.39, 0.29) is 5.37 Å². The fourth-order valence-electron chi connectivity index (χ4n) is 1.44. The van der Waals surface area contributed by atoms with Crippen LogP contribution < -0.4 is 5.32 Å². The predicted molar refractivity (Wildman–Crippen MR) is 63.9 cm³/mol. The highest BCUT2D eigenvalue weighted by atomic mass is 79.9. The molecule has 5 heteroatoms. The molecule has 0 bridgehead atoms. The normalized spacial score (nSPS) is 25.4. The first-order valence-electron chi connectivity index (χ1n) is 4.53. The predicted octanol–water partition coefficient (Wildman–Crippen LogP) is 2.24. The van der Waals surface area contributed by atoms with Gasteiger partial charge in [-0.1, -0.05) is 28.1 Å². The summed E-state index contributed by atoms with van der Waals surface area (Å²) in [7, 11) is 0. The number of halogens is 1. The number of nitrogens with one attached hydrogen (secondary N) is 1. The van der Waals surface area contributed by atoms with E-state index in [0.29, 0.717) is 5.75 Å². The first kappa shape index (κ1) is 11.0.